The fourth-order valence-electron chi connectivity index (χ4n) is 3.36. The Bertz CT molecular complexity index is 1030. The lowest BCUT2D eigenvalue weighted by Crippen LogP contribution is -2.33. The van der Waals surface area contributed by atoms with Crippen LogP contribution in [0.15, 0.2) is 48.2 Å². The summed E-state index contributed by atoms with van der Waals surface area (Å²) in [4.78, 5) is 38.7. The first kappa shape index (κ1) is 21.1. The number of hydrogen-bond acceptors (Lipinski definition) is 5. The standard InChI is InChI=1S/C23H25N3O4/c1-5-12-26-22(28)20(16-7-9-17(10-8-16)24-15(3)27)21(23(26)29)25-18-13-14(2)6-11-19(18)30-4/h6-11,13,25H,5,12H2,1-4H3,(H,24,27). The third-order valence-corrected chi connectivity index (χ3v) is 4.72. The van der Waals surface area contributed by atoms with E-state index in [1.54, 1.807) is 31.4 Å². The van der Waals surface area contributed by atoms with Gasteiger partial charge >= 0.3 is 0 Å². The lowest BCUT2D eigenvalue weighted by atomic mass is 10.0. The second kappa shape index (κ2) is 8.82. The van der Waals surface area contributed by atoms with Crippen molar-refractivity contribution in [3.63, 3.8) is 0 Å². The van der Waals surface area contributed by atoms with Crippen molar-refractivity contribution in [2.75, 3.05) is 24.3 Å². The van der Waals surface area contributed by atoms with Gasteiger partial charge in [-0.1, -0.05) is 25.1 Å². The van der Waals surface area contributed by atoms with Gasteiger partial charge in [-0.3, -0.25) is 19.3 Å². The minimum Gasteiger partial charge on any atom is -0.495 e. The largest absolute Gasteiger partial charge is 0.495 e. The van der Waals surface area contributed by atoms with Crippen LogP contribution in [-0.4, -0.2) is 36.3 Å². The van der Waals surface area contributed by atoms with Gasteiger partial charge in [0.1, 0.15) is 11.4 Å². The number of imide groups is 1. The Kier molecular flexibility index (Phi) is 6.20. The molecule has 2 aromatic carbocycles. The van der Waals surface area contributed by atoms with Crippen molar-refractivity contribution in [3.05, 3.63) is 59.3 Å². The molecule has 7 nitrogen and oxygen atoms in total. The normalized spacial score (nSPS) is 13.7. The van der Waals surface area contributed by atoms with Crippen molar-refractivity contribution >= 4 is 34.7 Å². The highest BCUT2D eigenvalue weighted by Gasteiger charge is 2.38. The maximum Gasteiger partial charge on any atom is 0.278 e. The Labute approximate surface area is 175 Å². The predicted octanol–water partition coefficient (Wildman–Crippen LogP) is 3.56. The van der Waals surface area contributed by atoms with E-state index in [0.717, 1.165) is 5.56 Å². The predicted molar refractivity (Wildman–Crippen MR) is 116 cm³/mol. The molecule has 156 valence electrons. The molecule has 0 spiro atoms. The van der Waals surface area contributed by atoms with Gasteiger partial charge in [0.25, 0.3) is 11.8 Å². The van der Waals surface area contributed by atoms with E-state index in [9.17, 15) is 14.4 Å². The molecule has 7 heteroatoms. The number of ether oxygens (including phenoxy) is 1. The van der Waals surface area contributed by atoms with Crippen LogP contribution in [0.5, 0.6) is 5.75 Å². The maximum atomic E-state index is 13.1. The van der Waals surface area contributed by atoms with E-state index >= 15 is 0 Å². The third-order valence-electron chi connectivity index (χ3n) is 4.72. The van der Waals surface area contributed by atoms with Crippen molar-refractivity contribution in [1.29, 1.82) is 0 Å². The topological polar surface area (TPSA) is 87.7 Å². The van der Waals surface area contributed by atoms with Crippen molar-refractivity contribution < 1.29 is 19.1 Å². The molecule has 0 unspecified atom stereocenters. The van der Waals surface area contributed by atoms with Crippen LogP contribution in [0.25, 0.3) is 5.57 Å². The Morgan fingerprint density at radius 1 is 1.07 bits per heavy atom. The lowest BCUT2D eigenvalue weighted by molar-refractivity contribution is -0.136. The summed E-state index contributed by atoms with van der Waals surface area (Å²) in [5, 5.41) is 5.83. The zero-order valence-corrected chi connectivity index (χ0v) is 17.5. The number of nitrogens with zero attached hydrogens (tertiary/aromatic N) is 1. The Hall–Kier alpha value is -3.61. The van der Waals surface area contributed by atoms with Crippen molar-refractivity contribution in [1.82, 2.24) is 4.90 Å². The molecule has 2 aromatic rings. The summed E-state index contributed by atoms with van der Waals surface area (Å²) in [5.74, 6) is -0.325. The molecule has 2 N–H and O–H groups in total. The number of anilines is 2. The number of nitrogens with one attached hydrogen (secondary N) is 2. The van der Waals surface area contributed by atoms with Gasteiger partial charge in [-0.05, 0) is 48.7 Å². The van der Waals surface area contributed by atoms with Crippen LogP contribution in [0.2, 0.25) is 0 Å². The van der Waals surface area contributed by atoms with Crippen LogP contribution >= 0.6 is 0 Å². The minimum atomic E-state index is -0.369. The number of carbonyl (C=O) groups is 3. The fraction of sp³-hybridized carbons (Fsp3) is 0.261. The van der Waals surface area contributed by atoms with Gasteiger partial charge in [0, 0.05) is 19.2 Å². The molecule has 1 heterocycles. The first-order valence-electron chi connectivity index (χ1n) is 9.75. The maximum absolute atomic E-state index is 13.1. The molecule has 0 radical (unpaired) electrons. The summed E-state index contributed by atoms with van der Waals surface area (Å²) in [6.07, 6.45) is 0.660. The van der Waals surface area contributed by atoms with Gasteiger partial charge in [-0.15, -0.1) is 0 Å². The summed E-state index contributed by atoms with van der Waals surface area (Å²) in [7, 11) is 1.55. The fourth-order valence-corrected chi connectivity index (χ4v) is 3.36. The average molecular weight is 407 g/mol. The number of aryl methyl sites for hydroxylation is 1. The van der Waals surface area contributed by atoms with Crippen molar-refractivity contribution in [2.24, 2.45) is 0 Å². The molecule has 0 aliphatic carbocycles. The molecule has 3 amide bonds. The minimum absolute atomic E-state index is 0.183. The van der Waals surface area contributed by atoms with Crippen LogP contribution in [0.3, 0.4) is 0 Å². The van der Waals surface area contributed by atoms with E-state index in [4.69, 9.17) is 4.74 Å². The monoisotopic (exact) mass is 407 g/mol. The summed E-state index contributed by atoms with van der Waals surface area (Å²) in [5.41, 5.74) is 3.32. The molecule has 1 aliphatic rings. The zero-order valence-electron chi connectivity index (χ0n) is 17.5. The molecule has 3 rings (SSSR count). The van der Waals surface area contributed by atoms with Gasteiger partial charge in [-0.2, -0.15) is 0 Å². The highest BCUT2D eigenvalue weighted by molar-refractivity contribution is 6.36. The number of carbonyl (C=O) groups excluding carboxylic acids is 3. The molecule has 0 saturated carbocycles. The molecule has 0 bridgehead atoms. The molecular formula is C23H25N3O4. The molecule has 0 atom stereocenters. The van der Waals surface area contributed by atoms with Crippen molar-refractivity contribution in [2.45, 2.75) is 27.2 Å². The van der Waals surface area contributed by atoms with E-state index < -0.39 is 0 Å². The second-order valence-corrected chi connectivity index (χ2v) is 7.10. The molecule has 1 aliphatic heterocycles. The van der Waals surface area contributed by atoms with Crippen LogP contribution in [0.4, 0.5) is 11.4 Å². The Balaban J connectivity index is 2.07. The Morgan fingerprint density at radius 2 is 1.77 bits per heavy atom. The number of methoxy groups -OCH3 is 1. The number of rotatable bonds is 7. The summed E-state index contributed by atoms with van der Waals surface area (Å²) in [6, 6.07) is 12.4. The van der Waals surface area contributed by atoms with Crippen molar-refractivity contribution in [3.8, 4) is 5.75 Å². The van der Waals surface area contributed by atoms with Gasteiger partial charge in [0.05, 0.1) is 18.4 Å². The molecule has 0 fully saturated rings. The van der Waals surface area contributed by atoms with E-state index in [1.807, 2.05) is 32.0 Å². The summed E-state index contributed by atoms with van der Waals surface area (Å²) in [6.45, 7) is 5.61. The molecule has 30 heavy (non-hydrogen) atoms. The molecule has 0 saturated heterocycles. The van der Waals surface area contributed by atoms with Crippen LogP contribution in [0, 0.1) is 6.92 Å². The summed E-state index contributed by atoms with van der Waals surface area (Å²) >= 11 is 0. The van der Waals surface area contributed by atoms with Gasteiger partial charge in [-0.25, -0.2) is 0 Å². The highest BCUT2D eigenvalue weighted by Crippen LogP contribution is 2.34. The van der Waals surface area contributed by atoms with Crippen LogP contribution < -0.4 is 15.4 Å². The van der Waals surface area contributed by atoms with Gasteiger partial charge in [0.15, 0.2) is 0 Å². The number of hydrogen-bond donors (Lipinski definition) is 2. The zero-order chi connectivity index (χ0) is 21.8. The first-order chi connectivity index (χ1) is 14.3. The van der Waals surface area contributed by atoms with E-state index in [0.29, 0.717) is 41.2 Å². The Morgan fingerprint density at radius 3 is 2.37 bits per heavy atom. The molecule has 0 aromatic heterocycles. The first-order valence-corrected chi connectivity index (χ1v) is 9.75. The third kappa shape index (κ3) is 4.20. The number of amides is 3. The smallest absolute Gasteiger partial charge is 0.278 e. The average Bonchev–Trinajstić information content (AvgIpc) is 2.93. The molecular weight excluding hydrogens is 382 g/mol. The quantitative estimate of drug-likeness (QED) is 0.685. The SMILES string of the molecule is CCCN1C(=O)C(Nc2cc(C)ccc2OC)=C(c2ccc(NC(C)=O)cc2)C1=O. The number of benzene rings is 2. The van der Waals surface area contributed by atoms with Gasteiger partial charge < -0.3 is 15.4 Å². The van der Waals surface area contributed by atoms with E-state index in [-0.39, 0.29) is 23.4 Å². The second-order valence-electron chi connectivity index (χ2n) is 7.10. The summed E-state index contributed by atoms with van der Waals surface area (Å²) < 4.78 is 5.41. The van der Waals surface area contributed by atoms with Gasteiger partial charge in [0.2, 0.25) is 5.91 Å². The highest BCUT2D eigenvalue weighted by atomic mass is 16.5. The van der Waals surface area contributed by atoms with Crippen LogP contribution in [0.1, 0.15) is 31.4 Å². The van der Waals surface area contributed by atoms with E-state index in [2.05, 4.69) is 10.6 Å². The lowest BCUT2D eigenvalue weighted by Gasteiger charge is -2.15. The van der Waals surface area contributed by atoms with E-state index in [1.165, 1.54) is 11.8 Å². The van der Waals surface area contributed by atoms with Crippen LogP contribution in [-0.2, 0) is 14.4 Å².